The van der Waals surface area contributed by atoms with Gasteiger partial charge in [-0.25, -0.2) is 13.8 Å². The van der Waals surface area contributed by atoms with E-state index >= 15 is 0 Å². The van der Waals surface area contributed by atoms with E-state index in [9.17, 15) is 13.6 Å². The molecule has 1 aliphatic rings. The van der Waals surface area contributed by atoms with E-state index in [0.717, 1.165) is 36.1 Å². The number of benzene rings is 1. The van der Waals surface area contributed by atoms with Crippen LogP contribution in [0, 0.1) is 11.6 Å². The number of hydrogen-bond donors (Lipinski definition) is 2. The Bertz CT molecular complexity index is 1430. The highest BCUT2D eigenvalue weighted by Crippen LogP contribution is 2.21. The fourth-order valence-corrected chi connectivity index (χ4v) is 4.73. The zero-order valence-electron chi connectivity index (χ0n) is 19.8. The minimum atomic E-state index is -0.989. The van der Waals surface area contributed by atoms with Gasteiger partial charge in [0.2, 0.25) is 0 Å². The van der Waals surface area contributed by atoms with Gasteiger partial charge < -0.3 is 15.5 Å². The van der Waals surface area contributed by atoms with Crippen molar-refractivity contribution < 1.29 is 13.6 Å². The summed E-state index contributed by atoms with van der Waals surface area (Å²) in [7, 11) is 1.54. The van der Waals surface area contributed by atoms with Crippen molar-refractivity contribution in [3.8, 4) is 0 Å². The highest BCUT2D eigenvalue weighted by molar-refractivity contribution is 6.01. The minimum Gasteiger partial charge on any atom is -0.368 e. The zero-order chi connectivity index (χ0) is 24.6. The Balaban J connectivity index is 2.25. The molecule has 0 unspecified atom stereocenters. The number of halogens is 2. The molecular weight excluding hydrogens is 436 g/mol. The molecule has 8 heteroatoms. The van der Waals surface area contributed by atoms with Crippen LogP contribution in [0.15, 0.2) is 43.0 Å². The molecule has 34 heavy (non-hydrogen) atoms. The number of pyridine rings is 1. The molecule has 1 saturated heterocycles. The summed E-state index contributed by atoms with van der Waals surface area (Å²) in [5.74, 6) is -2.31. The molecule has 1 fully saturated rings. The molecule has 1 aliphatic heterocycles. The molecule has 0 saturated carbocycles. The monoisotopic (exact) mass is 465 g/mol. The van der Waals surface area contributed by atoms with Crippen molar-refractivity contribution in [3.63, 3.8) is 0 Å². The van der Waals surface area contributed by atoms with Gasteiger partial charge in [0.1, 0.15) is 0 Å². The fraction of sp³-hybridized carbons (Fsp3) is 0.308. The number of nitrogens with one attached hydrogen (secondary N) is 2. The summed E-state index contributed by atoms with van der Waals surface area (Å²) in [5.41, 5.74) is 2.19. The van der Waals surface area contributed by atoms with E-state index in [2.05, 4.69) is 40.9 Å². The Kier molecular flexibility index (Phi) is 6.52. The Morgan fingerprint density at radius 1 is 1.21 bits per heavy atom. The van der Waals surface area contributed by atoms with Crippen LogP contribution in [0.3, 0.4) is 0 Å². The lowest BCUT2D eigenvalue weighted by molar-refractivity contribution is 0.0964. The van der Waals surface area contributed by atoms with Crippen LogP contribution in [-0.4, -0.2) is 52.4 Å². The molecule has 178 valence electrons. The number of rotatable bonds is 4. The van der Waals surface area contributed by atoms with Gasteiger partial charge in [-0.1, -0.05) is 18.7 Å². The number of imidazole rings is 1. The Morgan fingerprint density at radius 2 is 1.88 bits per heavy atom. The van der Waals surface area contributed by atoms with Crippen molar-refractivity contribution in [2.75, 3.05) is 20.1 Å². The first-order valence-corrected chi connectivity index (χ1v) is 11.3. The molecule has 2 N–H and O–H groups in total. The van der Waals surface area contributed by atoms with Crippen molar-refractivity contribution in [3.05, 3.63) is 70.8 Å². The molecule has 3 heterocycles. The second-order valence-corrected chi connectivity index (χ2v) is 8.62. The van der Waals surface area contributed by atoms with Gasteiger partial charge in [-0.15, -0.1) is 0 Å². The van der Waals surface area contributed by atoms with Gasteiger partial charge in [0.25, 0.3) is 5.91 Å². The second-order valence-electron chi connectivity index (χ2n) is 8.62. The third-order valence-electron chi connectivity index (χ3n) is 5.99. The van der Waals surface area contributed by atoms with E-state index in [1.807, 2.05) is 19.1 Å². The summed E-state index contributed by atoms with van der Waals surface area (Å²) in [4.78, 5) is 19.7. The van der Waals surface area contributed by atoms with Gasteiger partial charge in [-0.05, 0) is 39.0 Å². The number of fused-ring (bicyclic) bond motifs is 3. The van der Waals surface area contributed by atoms with Gasteiger partial charge in [0.15, 0.2) is 17.3 Å². The van der Waals surface area contributed by atoms with E-state index in [0.29, 0.717) is 22.1 Å². The van der Waals surface area contributed by atoms with E-state index in [1.54, 1.807) is 29.7 Å². The van der Waals surface area contributed by atoms with Gasteiger partial charge in [0, 0.05) is 55.3 Å². The first-order chi connectivity index (χ1) is 16.3. The molecular formula is C26H29F2N5O. The highest BCUT2D eigenvalue weighted by Gasteiger charge is 2.24. The number of allylic oxidation sites excluding steroid dienone is 2. The van der Waals surface area contributed by atoms with Crippen molar-refractivity contribution in [1.29, 1.82) is 0 Å². The number of hydrogen-bond acceptors (Lipinski definition) is 4. The predicted molar refractivity (Wildman–Crippen MR) is 132 cm³/mol. The van der Waals surface area contributed by atoms with E-state index in [4.69, 9.17) is 0 Å². The van der Waals surface area contributed by atoms with Crippen LogP contribution in [0.1, 0.15) is 31.1 Å². The predicted octanol–water partition coefficient (Wildman–Crippen LogP) is 2.46. The maximum atomic E-state index is 14.3. The molecule has 0 bridgehead atoms. The van der Waals surface area contributed by atoms with Gasteiger partial charge in [-0.3, -0.25) is 9.20 Å². The minimum absolute atomic E-state index is 0.261. The summed E-state index contributed by atoms with van der Waals surface area (Å²) in [6, 6.07) is 4.51. The van der Waals surface area contributed by atoms with Crippen molar-refractivity contribution in [2.24, 2.45) is 0 Å². The van der Waals surface area contributed by atoms with E-state index < -0.39 is 11.6 Å². The zero-order valence-corrected chi connectivity index (χ0v) is 19.8. The molecule has 6 nitrogen and oxygen atoms in total. The molecule has 0 spiro atoms. The highest BCUT2D eigenvalue weighted by atomic mass is 19.2. The Morgan fingerprint density at radius 3 is 2.50 bits per heavy atom. The summed E-state index contributed by atoms with van der Waals surface area (Å²) in [5, 5.41) is 7.65. The first-order valence-electron chi connectivity index (χ1n) is 11.3. The molecule has 2 atom stereocenters. The van der Waals surface area contributed by atoms with Gasteiger partial charge >= 0.3 is 0 Å². The molecule has 2 aromatic heterocycles. The molecule has 0 radical (unpaired) electrons. The molecule has 4 rings (SSSR count). The lowest BCUT2D eigenvalue weighted by Crippen LogP contribution is -2.54. The van der Waals surface area contributed by atoms with Gasteiger partial charge in [0.05, 0.1) is 21.9 Å². The second kappa shape index (κ2) is 9.38. The van der Waals surface area contributed by atoms with Gasteiger partial charge in [-0.2, -0.15) is 0 Å². The largest absolute Gasteiger partial charge is 0.368 e. The van der Waals surface area contributed by atoms with E-state index in [-0.39, 0.29) is 23.5 Å². The number of aromatic nitrogens is 2. The average Bonchev–Trinajstić information content (AvgIpc) is 3.15. The fourth-order valence-electron chi connectivity index (χ4n) is 4.73. The third-order valence-corrected chi connectivity index (χ3v) is 5.99. The quantitative estimate of drug-likeness (QED) is 0.622. The summed E-state index contributed by atoms with van der Waals surface area (Å²) in [6.07, 6.45) is 7.41. The number of nitrogens with zero attached hydrogens (tertiary/aromatic N) is 3. The molecule has 1 aromatic carbocycles. The normalized spacial score (nSPS) is 20.4. The lowest BCUT2D eigenvalue weighted by atomic mass is 10.1. The smallest absolute Gasteiger partial charge is 0.254 e. The summed E-state index contributed by atoms with van der Waals surface area (Å²) < 4.78 is 30.0. The first kappa shape index (κ1) is 23.6. The Labute approximate surface area is 197 Å². The van der Waals surface area contributed by atoms with Crippen LogP contribution in [0.25, 0.3) is 28.5 Å². The SMILES string of the molecule is C=C/C=c1/c(=C(\C=C/C)N2C[C@@H](C)N[C@@H](C)C2)cc(C(=O)NC)c2nc3cc(F)c(F)cc3n12. The third kappa shape index (κ3) is 4.09. The Hall–Kier alpha value is -3.52. The van der Waals surface area contributed by atoms with Crippen LogP contribution < -0.4 is 21.2 Å². The van der Waals surface area contributed by atoms with Crippen LogP contribution >= 0.6 is 0 Å². The van der Waals surface area contributed by atoms with Crippen LogP contribution in [0.4, 0.5) is 8.78 Å². The molecule has 1 amide bonds. The lowest BCUT2D eigenvalue weighted by Gasteiger charge is -2.38. The van der Waals surface area contributed by atoms with Crippen LogP contribution in [0.5, 0.6) is 0 Å². The maximum Gasteiger partial charge on any atom is 0.254 e. The maximum absolute atomic E-state index is 14.3. The summed E-state index contributed by atoms with van der Waals surface area (Å²) in [6.45, 7) is 11.6. The van der Waals surface area contributed by atoms with Crippen molar-refractivity contribution >= 4 is 34.4 Å². The molecule has 3 aromatic rings. The van der Waals surface area contributed by atoms with Crippen LogP contribution in [0.2, 0.25) is 0 Å². The van der Waals surface area contributed by atoms with Crippen molar-refractivity contribution in [2.45, 2.75) is 32.9 Å². The molecule has 0 aliphatic carbocycles. The number of amides is 1. The standard InChI is InChI=1S/C26H29F2N5O/c1-6-8-22(32-13-15(3)30-16(4)14-32)17-10-18(26(34)29-5)25-31-21-11-19(27)20(28)12-24(21)33(25)23(17)9-7-2/h6-12,15-16,30H,2,13-14H2,1,3-5H3,(H,29,34)/b8-6-,22-17+,23-9-/t15-,16+. The number of carbonyl (C=O) groups is 1. The number of piperazine rings is 1. The number of carbonyl (C=O) groups excluding carboxylic acids is 1. The summed E-state index contributed by atoms with van der Waals surface area (Å²) >= 11 is 0. The topological polar surface area (TPSA) is 61.7 Å². The average molecular weight is 466 g/mol. The van der Waals surface area contributed by atoms with Crippen LogP contribution in [-0.2, 0) is 0 Å². The van der Waals surface area contributed by atoms with E-state index in [1.165, 1.54) is 0 Å². The van der Waals surface area contributed by atoms with Crippen molar-refractivity contribution in [1.82, 2.24) is 24.9 Å².